The SMILES string of the molecule is Cc1ccccc1/C=C1\SC2CCC(C(=O)NC(C)C)CC2N(C)C1=O. The van der Waals surface area contributed by atoms with Gasteiger partial charge in [0.15, 0.2) is 0 Å². The van der Waals surface area contributed by atoms with Crippen molar-refractivity contribution in [3.05, 3.63) is 40.3 Å². The summed E-state index contributed by atoms with van der Waals surface area (Å²) in [7, 11) is 1.88. The molecule has 1 aromatic carbocycles. The molecule has 1 heterocycles. The molecule has 0 spiro atoms. The number of benzene rings is 1. The van der Waals surface area contributed by atoms with E-state index in [2.05, 4.69) is 24.4 Å². The Labute approximate surface area is 160 Å². The molecule has 2 amide bonds. The largest absolute Gasteiger partial charge is 0.354 e. The number of carbonyl (C=O) groups excluding carboxylic acids is 2. The van der Waals surface area contributed by atoms with Crippen LogP contribution in [-0.2, 0) is 9.59 Å². The van der Waals surface area contributed by atoms with Crippen molar-refractivity contribution in [1.29, 1.82) is 0 Å². The fourth-order valence-electron chi connectivity index (χ4n) is 3.83. The van der Waals surface area contributed by atoms with E-state index in [4.69, 9.17) is 0 Å². The molecule has 1 aliphatic carbocycles. The zero-order valence-electron chi connectivity index (χ0n) is 16.0. The summed E-state index contributed by atoms with van der Waals surface area (Å²) in [5, 5.41) is 3.39. The molecule has 1 aromatic rings. The van der Waals surface area contributed by atoms with Crippen LogP contribution in [-0.4, -0.2) is 41.1 Å². The molecule has 3 rings (SSSR count). The van der Waals surface area contributed by atoms with E-state index in [0.29, 0.717) is 5.25 Å². The minimum absolute atomic E-state index is 0.0106. The standard InChI is InChI=1S/C21H28N2O2S/c1-13(2)22-20(24)16-9-10-18-17(11-16)23(4)21(25)19(26-18)12-15-8-6-5-7-14(15)3/h5-8,12-13,16-18H,9-11H2,1-4H3,(H,22,24)/b19-12-. The fraction of sp³-hybridized carbons (Fsp3) is 0.524. The zero-order valence-corrected chi connectivity index (χ0v) is 16.8. The molecule has 3 atom stereocenters. The van der Waals surface area contributed by atoms with Crippen LogP contribution in [0.15, 0.2) is 29.2 Å². The fourth-order valence-corrected chi connectivity index (χ4v) is 5.30. The van der Waals surface area contributed by atoms with E-state index in [9.17, 15) is 9.59 Å². The molecule has 3 unspecified atom stereocenters. The van der Waals surface area contributed by atoms with Gasteiger partial charge in [-0.15, -0.1) is 11.8 Å². The summed E-state index contributed by atoms with van der Waals surface area (Å²) in [6, 6.07) is 8.42. The summed E-state index contributed by atoms with van der Waals surface area (Å²) in [5.74, 6) is 0.214. The molecule has 1 N–H and O–H groups in total. The van der Waals surface area contributed by atoms with Gasteiger partial charge in [-0.3, -0.25) is 9.59 Å². The topological polar surface area (TPSA) is 49.4 Å². The molecule has 26 heavy (non-hydrogen) atoms. The maximum Gasteiger partial charge on any atom is 0.260 e. The Bertz CT molecular complexity index is 728. The molecule has 1 saturated heterocycles. The number of likely N-dealkylation sites (N-methyl/N-ethyl adjacent to an activating group) is 1. The van der Waals surface area contributed by atoms with Gasteiger partial charge in [0.1, 0.15) is 0 Å². The van der Waals surface area contributed by atoms with Crippen molar-refractivity contribution in [3.8, 4) is 0 Å². The van der Waals surface area contributed by atoms with Crippen LogP contribution in [0.4, 0.5) is 0 Å². The van der Waals surface area contributed by atoms with Crippen molar-refractivity contribution in [3.63, 3.8) is 0 Å². The van der Waals surface area contributed by atoms with Crippen LogP contribution in [0.5, 0.6) is 0 Å². The summed E-state index contributed by atoms with van der Waals surface area (Å²) < 4.78 is 0. The Balaban J connectivity index is 1.75. The Morgan fingerprint density at radius 1 is 1.31 bits per heavy atom. The number of rotatable bonds is 3. The summed E-state index contributed by atoms with van der Waals surface area (Å²) in [6.45, 7) is 6.03. The molecular weight excluding hydrogens is 344 g/mol. The van der Waals surface area contributed by atoms with Crippen LogP contribution in [0.1, 0.15) is 44.2 Å². The number of fused-ring (bicyclic) bond motifs is 1. The molecule has 1 aliphatic heterocycles. The number of amides is 2. The quantitative estimate of drug-likeness (QED) is 0.825. The smallest absolute Gasteiger partial charge is 0.260 e. The highest BCUT2D eigenvalue weighted by Gasteiger charge is 2.42. The number of carbonyl (C=O) groups is 2. The predicted octanol–water partition coefficient (Wildman–Crippen LogP) is 3.60. The first-order valence-electron chi connectivity index (χ1n) is 9.38. The second-order valence-corrected chi connectivity index (χ2v) is 8.96. The van der Waals surface area contributed by atoms with E-state index in [-0.39, 0.29) is 29.8 Å². The molecule has 0 radical (unpaired) electrons. The van der Waals surface area contributed by atoms with Crippen LogP contribution in [0.2, 0.25) is 0 Å². The second-order valence-electron chi connectivity index (χ2n) is 7.68. The van der Waals surface area contributed by atoms with Crippen molar-refractivity contribution >= 4 is 29.7 Å². The summed E-state index contributed by atoms with van der Waals surface area (Å²) in [4.78, 5) is 27.9. The monoisotopic (exact) mass is 372 g/mol. The van der Waals surface area contributed by atoms with Crippen molar-refractivity contribution in [1.82, 2.24) is 10.2 Å². The van der Waals surface area contributed by atoms with Crippen LogP contribution in [0.3, 0.4) is 0 Å². The minimum atomic E-state index is 0.0106. The average molecular weight is 373 g/mol. The molecule has 140 valence electrons. The van der Waals surface area contributed by atoms with Gasteiger partial charge < -0.3 is 10.2 Å². The lowest BCUT2D eigenvalue weighted by Crippen LogP contribution is -2.52. The van der Waals surface area contributed by atoms with Crippen LogP contribution >= 0.6 is 11.8 Å². The van der Waals surface area contributed by atoms with E-state index >= 15 is 0 Å². The number of thioether (sulfide) groups is 1. The highest BCUT2D eigenvalue weighted by atomic mass is 32.2. The summed E-state index contributed by atoms with van der Waals surface area (Å²) in [6.07, 6.45) is 4.64. The van der Waals surface area contributed by atoms with Crippen molar-refractivity contribution < 1.29 is 9.59 Å². The molecule has 1 saturated carbocycles. The van der Waals surface area contributed by atoms with Gasteiger partial charge in [0.2, 0.25) is 5.91 Å². The lowest BCUT2D eigenvalue weighted by molar-refractivity contribution is -0.132. The van der Waals surface area contributed by atoms with Crippen LogP contribution in [0.25, 0.3) is 6.08 Å². The molecule has 5 heteroatoms. The number of nitrogens with zero attached hydrogens (tertiary/aromatic N) is 1. The lowest BCUT2D eigenvalue weighted by atomic mass is 9.83. The van der Waals surface area contributed by atoms with Gasteiger partial charge in [-0.05, 0) is 57.2 Å². The Kier molecular flexibility index (Phi) is 5.76. The van der Waals surface area contributed by atoms with Crippen molar-refractivity contribution in [2.45, 2.75) is 57.4 Å². The van der Waals surface area contributed by atoms with Crippen molar-refractivity contribution in [2.24, 2.45) is 5.92 Å². The van der Waals surface area contributed by atoms with Crippen LogP contribution < -0.4 is 5.32 Å². The van der Waals surface area contributed by atoms with E-state index in [1.54, 1.807) is 11.8 Å². The summed E-state index contributed by atoms with van der Waals surface area (Å²) in [5.41, 5.74) is 2.27. The first-order chi connectivity index (χ1) is 12.4. The van der Waals surface area contributed by atoms with E-state index in [1.807, 2.05) is 44.0 Å². The predicted molar refractivity (Wildman–Crippen MR) is 108 cm³/mol. The highest BCUT2D eigenvalue weighted by molar-refractivity contribution is 8.04. The van der Waals surface area contributed by atoms with Gasteiger partial charge in [0.25, 0.3) is 5.91 Å². The van der Waals surface area contributed by atoms with Crippen molar-refractivity contribution in [2.75, 3.05) is 7.05 Å². The first kappa shape index (κ1) is 19.0. The van der Waals surface area contributed by atoms with Crippen LogP contribution in [0, 0.1) is 12.8 Å². The Hall–Kier alpha value is -1.75. The van der Waals surface area contributed by atoms with Gasteiger partial charge in [0.05, 0.1) is 4.91 Å². The average Bonchev–Trinajstić information content (AvgIpc) is 2.60. The van der Waals surface area contributed by atoms with E-state index in [1.165, 1.54) is 5.56 Å². The van der Waals surface area contributed by atoms with Gasteiger partial charge in [-0.25, -0.2) is 0 Å². The van der Waals surface area contributed by atoms with Gasteiger partial charge >= 0.3 is 0 Å². The molecule has 4 nitrogen and oxygen atoms in total. The number of aryl methyl sites for hydroxylation is 1. The van der Waals surface area contributed by atoms with E-state index < -0.39 is 0 Å². The third kappa shape index (κ3) is 3.98. The number of hydrogen-bond acceptors (Lipinski definition) is 3. The molecular formula is C21H28N2O2S. The van der Waals surface area contributed by atoms with Gasteiger partial charge in [-0.2, -0.15) is 0 Å². The Morgan fingerprint density at radius 2 is 2.04 bits per heavy atom. The third-order valence-electron chi connectivity index (χ3n) is 5.34. The van der Waals surface area contributed by atoms with Gasteiger partial charge in [0, 0.05) is 30.3 Å². The molecule has 0 aromatic heterocycles. The Morgan fingerprint density at radius 3 is 2.73 bits per heavy atom. The molecule has 0 bridgehead atoms. The summed E-state index contributed by atoms with van der Waals surface area (Å²) >= 11 is 1.70. The first-order valence-corrected chi connectivity index (χ1v) is 10.3. The third-order valence-corrected chi connectivity index (χ3v) is 6.74. The lowest BCUT2D eigenvalue weighted by Gasteiger charge is -2.44. The molecule has 2 aliphatic rings. The maximum atomic E-state index is 12.9. The number of hydrogen-bond donors (Lipinski definition) is 1. The second kappa shape index (κ2) is 7.87. The van der Waals surface area contributed by atoms with Gasteiger partial charge in [-0.1, -0.05) is 24.3 Å². The molecule has 2 fully saturated rings. The van der Waals surface area contributed by atoms with E-state index in [0.717, 1.165) is 29.7 Å². The zero-order chi connectivity index (χ0) is 18.8. The normalized spacial score (nSPS) is 27.6. The highest BCUT2D eigenvalue weighted by Crippen LogP contribution is 2.43. The minimum Gasteiger partial charge on any atom is -0.354 e. The number of nitrogens with one attached hydrogen (secondary N) is 1. The maximum absolute atomic E-state index is 12.9.